The highest BCUT2D eigenvalue weighted by Gasteiger charge is 2.40. The molecule has 5 rings (SSSR count). The summed E-state index contributed by atoms with van der Waals surface area (Å²) in [6.07, 6.45) is 5.93. The van der Waals surface area contributed by atoms with Crippen LogP contribution in [0.15, 0.2) is 30.6 Å². The number of thiazole rings is 1. The Morgan fingerprint density at radius 2 is 1.90 bits per heavy atom. The van der Waals surface area contributed by atoms with Gasteiger partial charge in [-0.05, 0) is 57.7 Å². The molecule has 0 unspecified atom stereocenters. The number of aromatic amines is 1. The Kier molecular flexibility index (Phi) is 4.45. The minimum absolute atomic E-state index is 0.101. The predicted molar refractivity (Wildman–Crippen MR) is 122 cm³/mol. The summed E-state index contributed by atoms with van der Waals surface area (Å²) in [6.45, 7) is 9.71. The fraction of sp³-hybridized carbons (Fsp3) is 0.478. The van der Waals surface area contributed by atoms with Crippen molar-refractivity contribution in [1.82, 2.24) is 20.5 Å². The van der Waals surface area contributed by atoms with Crippen molar-refractivity contribution in [2.45, 2.75) is 64.3 Å². The lowest BCUT2D eigenvalue weighted by Crippen LogP contribution is -2.61. The average molecular weight is 424 g/mol. The van der Waals surface area contributed by atoms with Crippen molar-refractivity contribution >= 4 is 16.5 Å². The molecule has 0 spiro atoms. The first kappa shape index (κ1) is 19.6. The van der Waals surface area contributed by atoms with E-state index >= 15 is 0 Å². The standard InChI is InChI=1S/C23H29N5OS/c1-22(2)9-17(10-23(3,4)27-22)28(5)21-26-20-19(30-21)18-7-6-14(8-15(18)13-29-20)16-11-24-25-12-16/h6-8,11-12,17,27H,9-10,13H2,1-5H3,(H,24,25). The van der Waals surface area contributed by atoms with Gasteiger partial charge in [-0.15, -0.1) is 0 Å². The number of anilines is 1. The van der Waals surface area contributed by atoms with Crippen molar-refractivity contribution in [3.63, 3.8) is 0 Å². The summed E-state index contributed by atoms with van der Waals surface area (Å²) in [5.41, 5.74) is 4.86. The molecule has 2 N–H and O–H groups in total. The van der Waals surface area contributed by atoms with E-state index in [1.165, 1.54) is 11.1 Å². The van der Waals surface area contributed by atoms with Crippen LogP contribution in [0.1, 0.15) is 46.1 Å². The van der Waals surface area contributed by atoms with E-state index in [0.29, 0.717) is 12.6 Å². The van der Waals surface area contributed by atoms with Gasteiger partial charge in [0, 0.05) is 41.5 Å². The third-order valence-electron chi connectivity index (χ3n) is 6.15. The van der Waals surface area contributed by atoms with Crippen LogP contribution in [0.3, 0.4) is 0 Å². The number of nitrogens with one attached hydrogen (secondary N) is 2. The number of benzene rings is 1. The summed E-state index contributed by atoms with van der Waals surface area (Å²) in [6, 6.07) is 6.98. The van der Waals surface area contributed by atoms with Crippen LogP contribution >= 0.6 is 11.3 Å². The fourth-order valence-electron chi connectivity index (χ4n) is 5.08. The molecule has 1 fully saturated rings. The van der Waals surface area contributed by atoms with E-state index in [2.05, 4.69) is 73.4 Å². The molecule has 2 aromatic heterocycles. The zero-order valence-electron chi connectivity index (χ0n) is 18.2. The number of aromatic nitrogens is 3. The highest BCUT2D eigenvalue weighted by Crippen LogP contribution is 2.46. The van der Waals surface area contributed by atoms with Crippen molar-refractivity contribution in [2.75, 3.05) is 11.9 Å². The van der Waals surface area contributed by atoms with E-state index in [-0.39, 0.29) is 11.1 Å². The number of piperidine rings is 1. The van der Waals surface area contributed by atoms with Crippen molar-refractivity contribution in [3.05, 3.63) is 36.2 Å². The quantitative estimate of drug-likeness (QED) is 0.631. The van der Waals surface area contributed by atoms with Gasteiger partial charge in [0.2, 0.25) is 5.88 Å². The summed E-state index contributed by atoms with van der Waals surface area (Å²) in [4.78, 5) is 8.37. The summed E-state index contributed by atoms with van der Waals surface area (Å²) in [5, 5.41) is 11.7. The Bertz CT molecular complexity index is 1050. The van der Waals surface area contributed by atoms with Gasteiger partial charge in [-0.2, -0.15) is 10.1 Å². The SMILES string of the molecule is CN(c1nc2c(s1)-c1ccc(-c3cn[nH]c3)cc1CO2)C1CC(C)(C)NC(C)(C)C1. The molecule has 0 radical (unpaired) electrons. The molecule has 3 aromatic rings. The highest BCUT2D eigenvalue weighted by atomic mass is 32.1. The van der Waals surface area contributed by atoms with Crippen LogP contribution < -0.4 is 15.0 Å². The summed E-state index contributed by atoms with van der Waals surface area (Å²) < 4.78 is 6.06. The van der Waals surface area contributed by atoms with Gasteiger partial charge in [0.25, 0.3) is 0 Å². The van der Waals surface area contributed by atoms with Gasteiger partial charge in [0.1, 0.15) is 11.5 Å². The van der Waals surface area contributed by atoms with E-state index in [1.807, 2.05) is 12.4 Å². The predicted octanol–water partition coefficient (Wildman–Crippen LogP) is 4.84. The molecule has 30 heavy (non-hydrogen) atoms. The van der Waals surface area contributed by atoms with Crippen LogP contribution in [0.4, 0.5) is 5.13 Å². The van der Waals surface area contributed by atoms with E-state index in [9.17, 15) is 0 Å². The largest absolute Gasteiger partial charge is 0.472 e. The molecular formula is C23H29N5OS. The third-order valence-corrected chi connectivity index (χ3v) is 7.31. The number of H-pyrrole nitrogens is 1. The molecule has 158 valence electrons. The lowest BCUT2D eigenvalue weighted by molar-refractivity contribution is 0.161. The number of ether oxygens (including phenoxy) is 1. The summed E-state index contributed by atoms with van der Waals surface area (Å²) in [7, 11) is 2.18. The Hall–Kier alpha value is -2.38. The molecule has 0 bridgehead atoms. The normalized spacial score (nSPS) is 19.6. The van der Waals surface area contributed by atoms with Gasteiger partial charge in [-0.25, -0.2) is 0 Å². The van der Waals surface area contributed by atoms with Crippen molar-refractivity contribution < 1.29 is 4.74 Å². The average Bonchev–Trinajstić information content (AvgIpc) is 3.34. The Morgan fingerprint density at radius 1 is 1.13 bits per heavy atom. The second-order valence-electron chi connectivity index (χ2n) is 9.84. The van der Waals surface area contributed by atoms with Crippen LogP contribution in [0.5, 0.6) is 5.88 Å². The number of rotatable bonds is 3. The molecule has 6 nitrogen and oxygen atoms in total. The fourth-order valence-corrected chi connectivity index (χ4v) is 6.19. The monoisotopic (exact) mass is 423 g/mol. The molecule has 0 atom stereocenters. The first-order valence-electron chi connectivity index (χ1n) is 10.5. The summed E-state index contributed by atoms with van der Waals surface area (Å²) >= 11 is 1.73. The second-order valence-corrected chi connectivity index (χ2v) is 10.8. The van der Waals surface area contributed by atoms with E-state index < -0.39 is 0 Å². The first-order chi connectivity index (χ1) is 14.2. The maximum absolute atomic E-state index is 6.06. The molecule has 0 amide bonds. The lowest BCUT2D eigenvalue weighted by Gasteiger charge is -2.48. The number of hydrogen-bond donors (Lipinski definition) is 2. The zero-order chi connectivity index (χ0) is 21.1. The van der Waals surface area contributed by atoms with Gasteiger partial charge in [0.05, 0.1) is 6.20 Å². The van der Waals surface area contributed by atoms with Crippen molar-refractivity contribution in [1.29, 1.82) is 0 Å². The van der Waals surface area contributed by atoms with E-state index in [1.54, 1.807) is 11.3 Å². The second kappa shape index (κ2) is 6.82. The molecule has 2 aliphatic heterocycles. The molecule has 0 saturated carbocycles. The van der Waals surface area contributed by atoms with Gasteiger partial charge in [-0.3, -0.25) is 5.10 Å². The van der Waals surface area contributed by atoms with Gasteiger partial charge < -0.3 is 15.0 Å². The van der Waals surface area contributed by atoms with Crippen LogP contribution in [-0.4, -0.2) is 39.3 Å². The van der Waals surface area contributed by atoms with Crippen molar-refractivity contribution in [2.24, 2.45) is 0 Å². The Morgan fingerprint density at radius 3 is 2.60 bits per heavy atom. The molecular weight excluding hydrogens is 394 g/mol. The highest BCUT2D eigenvalue weighted by molar-refractivity contribution is 7.19. The van der Waals surface area contributed by atoms with Crippen LogP contribution in [0.2, 0.25) is 0 Å². The van der Waals surface area contributed by atoms with Crippen LogP contribution in [0, 0.1) is 0 Å². The molecule has 1 aromatic carbocycles. The Labute approximate surface area is 181 Å². The molecule has 0 aliphatic carbocycles. The van der Waals surface area contributed by atoms with Gasteiger partial charge in [-0.1, -0.05) is 23.5 Å². The van der Waals surface area contributed by atoms with Crippen LogP contribution in [0.25, 0.3) is 21.6 Å². The molecule has 4 heterocycles. The first-order valence-corrected chi connectivity index (χ1v) is 11.3. The zero-order valence-corrected chi connectivity index (χ0v) is 19.1. The Balaban J connectivity index is 1.45. The third kappa shape index (κ3) is 3.50. The van der Waals surface area contributed by atoms with Crippen molar-refractivity contribution in [3.8, 4) is 27.4 Å². The minimum Gasteiger partial charge on any atom is -0.472 e. The maximum atomic E-state index is 6.06. The van der Waals surface area contributed by atoms with Gasteiger partial charge >= 0.3 is 0 Å². The van der Waals surface area contributed by atoms with Crippen LogP contribution in [-0.2, 0) is 6.61 Å². The number of nitrogens with zero attached hydrogens (tertiary/aromatic N) is 3. The number of hydrogen-bond acceptors (Lipinski definition) is 6. The van der Waals surface area contributed by atoms with E-state index in [0.717, 1.165) is 39.9 Å². The topological polar surface area (TPSA) is 66.1 Å². The van der Waals surface area contributed by atoms with E-state index in [4.69, 9.17) is 9.72 Å². The number of fused-ring (bicyclic) bond motifs is 3. The molecule has 1 saturated heterocycles. The maximum Gasteiger partial charge on any atom is 0.234 e. The molecule has 2 aliphatic rings. The minimum atomic E-state index is 0.101. The smallest absolute Gasteiger partial charge is 0.234 e. The molecule has 7 heteroatoms. The van der Waals surface area contributed by atoms with Gasteiger partial charge in [0.15, 0.2) is 5.13 Å². The lowest BCUT2D eigenvalue weighted by atomic mass is 9.79. The summed E-state index contributed by atoms with van der Waals surface area (Å²) in [5.74, 6) is 0.762.